The molecule has 4 N–H and O–H groups in total. The Morgan fingerprint density at radius 2 is 2.05 bits per heavy atom. The summed E-state index contributed by atoms with van der Waals surface area (Å²) < 4.78 is 5.38. The molecule has 0 aliphatic rings. The number of β-amino-alcohol motifs (C(OH)–C–C–N with tert-alkyl or cyclic N) is 1. The Hall–Kier alpha value is -0.850. The Labute approximate surface area is 117 Å². The van der Waals surface area contributed by atoms with Crippen molar-refractivity contribution in [3.63, 3.8) is 0 Å². The third-order valence-electron chi connectivity index (χ3n) is 2.70. The maximum absolute atomic E-state index is 9.75. The molecule has 1 atom stereocenters. The zero-order valence-electron chi connectivity index (χ0n) is 10.8. The highest BCUT2D eigenvalue weighted by atomic mass is 35.5. The molecule has 0 fully saturated rings. The van der Waals surface area contributed by atoms with Gasteiger partial charge in [0.1, 0.15) is 18.5 Å². The highest BCUT2D eigenvalue weighted by molar-refractivity contribution is 6.30. The largest absolute Gasteiger partial charge is 0.491 e. The van der Waals surface area contributed by atoms with Crippen molar-refractivity contribution in [2.24, 2.45) is 0 Å². The first-order valence-corrected chi connectivity index (χ1v) is 6.40. The lowest BCUT2D eigenvalue weighted by Crippen LogP contribution is -2.52. The van der Waals surface area contributed by atoms with Crippen LogP contribution in [0.25, 0.3) is 0 Å². The molecule has 0 aromatic heterocycles. The number of benzene rings is 1. The van der Waals surface area contributed by atoms with E-state index in [4.69, 9.17) is 26.6 Å². The second kappa shape index (κ2) is 7.67. The first-order valence-electron chi connectivity index (χ1n) is 6.02. The molecule has 1 aromatic rings. The SMILES string of the molecule is CC(CO)(CO)NCC(O)COc1cccc(Cl)c1. The standard InChI is InChI=1S/C13H20ClNO4/c1-13(8-16,9-17)15-6-11(18)7-19-12-4-2-3-10(14)5-12/h2-5,11,15-18H,6-9H2,1H3. The maximum atomic E-state index is 9.75. The Bertz CT molecular complexity index is 385. The molecule has 1 unspecified atom stereocenters. The van der Waals surface area contributed by atoms with Crippen LogP contribution >= 0.6 is 11.6 Å². The summed E-state index contributed by atoms with van der Waals surface area (Å²) in [6, 6.07) is 6.90. The summed E-state index contributed by atoms with van der Waals surface area (Å²) in [5, 5.41) is 31.4. The number of ether oxygens (including phenoxy) is 1. The second-order valence-corrected chi connectivity index (χ2v) is 5.12. The lowest BCUT2D eigenvalue weighted by Gasteiger charge is -2.27. The Morgan fingerprint density at radius 3 is 2.63 bits per heavy atom. The normalized spacial score (nSPS) is 13.3. The van der Waals surface area contributed by atoms with Crippen LogP contribution < -0.4 is 10.1 Å². The molecule has 5 nitrogen and oxygen atoms in total. The molecular weight excluding hydrogens is 270 g/mol. The average molecular weight is 290 g/mol. The molecule has 0 radical (unpaired) electrons. The summed E-state index contributed by atoms with van der Waals surface area (Å²) in [7, 11) is 0. The van der Waals surface area contributed by atoms with Gasteiger partial charge in [0.2, 0.25) is 0 Å². The van der Waals surface area contributed by atoms with Gasteiger partial charge >= 0.3 is 0 Å². The van der Waals surface area contributed by atoms with E-state index in [0.717, 1.165) is 0 Å². The minimum absolute atomic E-state index is 0.0975. The summed E-state index contributed by atoms with van der Waals surface area (Å²) in [5.41, 5.74) is -0.808. The molecule has 1 aromatic carbocycles. The minimum atomic E-state index is -0.808. The highest BCUT2D eigenvalue weighted by Crippen LogP contribution is 2.17. The first-order chi connectivity index (χ1) is 8.99. The van der Waals surface area contributed by atoms with E-state index in [1.807, 2.05) is 0 Å². The van der Waals surface area contributed by atoms with Gasteiger partial charge in [0.15, 0.2) is 0 Å². The van der Waals surface area contributed by atoms with Gasteiger partial charge in [0, 0.05) is 11.6 Å². The molecule has 1 rings (SSSR count). The molecule has 0 spiro atoms. The van der Waals surface area contributed by atoms with Gasteiger partial charge in [-0.05, 0) is 25.1 Å². The fourth-order valence-corrected chi connectivity index (χ4v) is 1.51. The van der Waals surface area contributed by atoms with Crippen molar-refractivity contribution in [2.45, 2.75) is 18.6 Å². The van der Waals surface area contributed by atoms with E-state index < -0.39 is 11.6 Å². The molecule has 6 heteroatoms. The van der Waals surface area contributed by atoms with Gasteiger partial charge in [-0.2, -0.15) is 0 Å². The number of nitrogens with one attached hydrogen (secondary N) is 1. The molecule has 108 valence electrons. The Morgan fingerprint density at radius 1 is 1.37 bits per heavy atom. The van der Waals surface area contributed by atoms with Crippen molar-refractivity contribution in [2.75, 3.05) is 26.4 Å². The number of hydrogen-bond donors (Lipinski definition) is 4. The van der Waals surface area contributed by atoms with E-state index in [2.05, 4.69) is 5.32 Å². The van der Waals surface area contributed by atoms with Crippen molar-refractivity contribution < 1.29 is 20.1 Å². The van der Waals surface area contributed by atoms with Crippen molar-refractivity contribution in [1.82, 2.24) is 5.32 Å². The van der Waals surface area contributed by atoms with E-state index >= 15 is 0 Å². The number of aliphatic hydroxyl groups excluding tert-OH is 3. The van der Waals surface area contributed by atoms with Crippen LogP contribution in [-0.4, -0.2) is 53.3 Å². The minimum Gasteiger partial charge on any atom is -0.491 e. The zero-order chi connectivity index (χ0) is 14.3. The van der Waals surface area contributed by atoms with Crippen LogP contribution in [0.15, 0.2) is 24.3 Å². The van der Waals surface area contributed by atoms with Gasteiger partial charge in [-0.3, -0.25) is 0 Å². The molecule has 0 saturated carbocycles. The van der Waals surface area contributed by atoms with Crippen LogP contribution in [0.4, 0.5) is 0 Å². The molecule has 19 heavy (non-hydrogen) atoms. The van der Waals surface area contributed by atoms with Gasteiger partial charge in [0.25, 0.3) is 0 Å². The first kappa shape index (κ1) is 16.2. The van der Waals surface area contributed by atoms with Crippen molar-refractivity contribution in [3.8, 4) is 5.75 Å². The number of rotatable bonds is 8. The lowest BCUT2D eigenvalue weighted by atomic mass is 10.1. The fraction of sp³-hybridized carbons (Fsp3) is 0.538. The zero-order valence-corrected chi connectivity index (χ0v) is 11.6. The van der Waals surface area contributed by atoms with Crippen molar-refractivity contribution >= 4 is 11.6 Å². The third-order valence-corrected chi connectivity index (χ3v) is 2.94. The summed E-state index contributed by atoms with van der Waals surface area (Å²) in [4.78, 5) is 0. The van der Waals surface area contributed by atoms with Gasteiger partial charge in [0.05, 0.1) is 18.8 Å². The quantitative estimate of drug-likeness (QED) is 0.557. The molecule has 0 amide bonds. The lowest BCUT2D eigenvalue weighted by molar-refractivity contribution is 0.0666. The van der Waals surface area contributed by atoms with Gasteiger partial charge < -0.3 is 25.4 Å². The van der Waals surface area contributed by atoms with Crippen LogP contribution in [0, 0.1) is 0 Å². The summed E-state index contributed by atoms with van der Waals surface area (Å²) in [6.07, 6.45) is -0.753. The molecular formula is C13H20ClNO4. The van der Waals surface area contributed by atoms with E-state index in [-0.39, 0.29) is 26.4 Å². The van der Waals surface area contributed by atoms with Crippen molar-refractivity contribution in [3.05, 3.63) is 29.3 Å². The highest BCUT2D eigenvalue weighted by Gasteiger charge is 2.22. The smallest absolute Gasteiger partial charge is 0.120 e. The average Bonchev–Trinajstić information content (AvgIpc) is 2.42. The Kier molecular flexibility index (Phi) is 6.54. The third kappa shape index (κ3) is 5.76. The van der Waals surface area contributed by atoms with Gasteiger partial charge in [-0.25, -0.2) is 0 Å². The second-order valence-electron chi connectivity index (χ2n) is 4.68. The van der Waals surface area contributed by atoms with E-state index in [1.54, 1.807) is 31.2 Å². The Balaban J connectivity index is 2.34. The van der Waals surface area contributed by atoms with Gasteiger partial charge in [-0.15, -0.1) is 0 Å². The predicted molar refractivity (Wildman–Crippen MR) is 73.5 cm³/mol. The van der Waals surface area contributed by atoms with Crippen LogP contribution in [0.2, 0.25) is 5.02 Å². The molecule has 0 bridgehead atoms. The number of hydrogen-bond acceptors (Lipinski definition) is 5. The molecule has 0 heterocycles. The van der Waals surface area contributed by atoms with Crippen LogP contribution in [0.3, 0.4) is 0 Å². The van der Waals surface area contributed by atoms with E-state index in [9.17, 15) is 5.11 Å². The van der Waals surface area contributed by atoms with E-state index in [0.29, 0.717) is 10.8 Å². The summed E-state index contributed by atoms with van der Waals surface area (Å²) in [6.45, 7) is 1.53. The van der Waals surface area contributed by atoms with Crippen molar-refractivity contribution in [1.29, 1.82) is 0 Å². The van der Waals surface area contributed by atoms with Gasteiger partial charge in [-0.1, -0.05) is 17.7 Å². The predicted octanol–water partition coefficient (Wildman–Crippen LogP) is 0.413. The van der Waals surface area contributed by atoms with E-state index in [1.165, 1.54) is 0 Å². The molecule has 0 aliphatic carbocycles. The molecule has 0 aliphatic heterocycles. The fourth-order valence-electron chi connectivity index (χ4n) is 1.33. The summed E-state index contributed by atoms with van der Waals surface area (Å²) in [5.74, 6) is 0.582. The monoisotopic (exact) mass is 289 g/mol. The number of halogens is 1. The summed E-state index contributed by atoms with van der Waals surface area (Å²) >= 11 is 5.81. The van der Waals surface area contributed by atoms with Crippen LogP contribution in [0.1, 0.15) is 6.92 Å². The van der Waals surface area contributed by atoms with Crippen LogP contribution in [-0.2, 0) is 0 Å². The molecule has 0 saturated heterocycles. The van der Waals surface area contributed by atoms with Crippen LogP contribution in [0.5, 0.6) is 5.75 Å². The number of aliphatic hydroxyl groups is 3. The topological polar surface area (TPSA) is 82.0 Å². The maximum Gasteiger partial charge on any atom is 0.120 e.